The van der Waals surface area contributed by atoms with Gasteiger partial charge in [-0.05, 0) is 49.8 Å². The maximum atomic E-state index is 10.2. The molecule has 1 aromatic heterocycles. The van der Waals surface area contributed by atoms with Crippen LogP contribution in [0.1, 0.15) is 25.8 Å². The standard InChI is InChI=1S/C21H34N4O3/c1-4-24(5-2)16-19(26)17-28-21-14-18(8-9-20(21)27-3)15-22-10-6-12-25-13-7-11-23-25/h7-9,11,13-14,19,22,26H,4-6,10,12,15-17H2,1-3H3. The van der Waals surface area contributed by atoms with Gasteiger partial charge in [-0.15, -0.1) is 0 Å². The summed E-state index contributed by atoms with van der Waals surface area (Å²) >= 11 is 0. The minimum atomic E-state index is -0.534. The number of nitrogens with zero attached hydrogens (tertiary/aromatic N) is 3. The molecule has 0 fully saturated rings. The Hall–Kier alpha value is -2.09. The van der Waals surface area contributed by atoms with Crippen molar-refractivity contribution < 1.29 is 14.6 Å². The zero-order chi connectivity index (χ0) is 20.2. The number of hydrogen-bond donors (Lipinski definition) is 2. The number of benzene rings is 1. The van der Waals surface area contributed by atoms with Crippen LogP contribution in [-0.4, -0.2) is 65.8 Å². The third kappa shape index (κ3) is 7.50. The first-order valence-electron chi connectivity index (χ1n) is 10.0. The van der Waals surface area contributed by atoms with Gasteiger partial charge in [-0.3, -0.25) is 4.68 Å². The molecule has 0 spiro atoms. The van der Waals surface area contributed by atoms with Crippen molar-refractivity contribution in [3.05, 3.63) is 42.2 Å². The zero-order valence-electron chi connectivity index (χ0n) is 17.3. The van der Waals surface area contributed by atoms with Crippen molar-refractivity contribution in [2.24, 2.45) is 0 Å². The molecule has 1 aromatic carbocycles. The van der Waals surface area contributed by atoms with Gasteiger partial charge in [0.05, 0.1) is 7.11 Å². The van der Waals surface area contributed by atoms with Crippen molar-refractivity contribution >= 4 is 0 Å². The van der Waals surface area contributed by atoms with E-state index in [0.717, 1.165) is 44.7 Å². The quantitative estimate of drug-likeness (QED) is 0.482. The summed E-state index contributed by atoms with van der Waals surface area (Å²) in [6.45, 7) is 9.42. The number of ether oxygens (including phenoxy) is 2. The number of hydrogen-bond acceptors (Lipinski definition) is 6. The summed E-state index contributed by atoms with van der Waals surface area (Å²) in [7, 11) is 1.63. The van der Waals surface area contributed by atoms with E-state index in [4.69, 9.17) is 9.47 Å². The van der Waals surface area contributed by atoms with Crippen molar-refractivity contribution in [2.75, 3.05) is 39.9 Å². The molecule has 2 rings (SSSR count). The van der Waals surface area contributed by atoms with Crippen molar-refractivity contribution in [2.45, 2.75) is 39.5 Å². The molecular weight excluding hydrogens is 356 g/mol. The summed E-state index contributed by atoms with van der Waals surface area (Å²) in [6, 6.07) is 7.85. The molecule has 0 saturated heterocycles. The van der Waals surface area contributed by atoms with Gasteiger partial charge < -0.3 is 24.8 Å². The highest BCUT2D eigenvalue weighted by Gasteiger charge is 2.12. The number of aromatic nitrogens is 2. The number of methoxy groups -OCH3 is 1. The number of aryl methyl sites for hydroxylation is 1. The van der Waals surface area contributed by atoms with Crippen molar-refractivity contribution in [3.63, 3.8) is 0 Å². The molecule has 0 aliphatic rings. The van der Waals surface area contributed by atoms with E-state index in [9.17, 15) is 5.11 Å². The Balaban J connectivity index is 1.79. The van der Waals surface area contributed by atoms with Gasteiger partial charge in [0.15, 0.2) is 11.5 Å². The fourth-order valence-corrected chi connectivity index (χ4v) is 2.99. The third-order valence-corrected chi connectivity index (χ3v) is 4.65. The number of rotatable bonds is 14. The Labute approximate surface area is 168 Å². The van der Waals surface area contributed by atoms with Gasteiger partial charge in [0, 0.05) is 32.0 Å². The summed E-state index contributed by atoms with van der Waals surface area (Å²) in [6.07, 6.45) is 4.25. The highest BCUT2D eigenvalue weighted by atomic mass is 16.5. The highest BCUT2D eigenvalue weighted by Crippen LogP contribution is 2.28. The fourth-order valence-electron chi connectivity index (χ4n) is 2.99. The number of aliphatic hydroxyl groups excluding tert-OH is 1. The van der Waals surface area contributed by atoms with Gasteiger partial charge in [-0.1, -0.05) is 19.9 Å². The lowest BCUT2D eigenvalue weighted by Gasteiger charge is -2.22. The van der Waals surface area contributed by atoms with Gasteiger partial charge in [-0.2, -0.15) is 5.10 Å². The average Bonchev–Trinajstić information content (AvgIpc) is 3.23. The summed E-state index contributed by atoms with van der Waals surface area (Å²) in [5, 5.41) is 17.9. The van der Waals surface area contributed by atoms with E-state index in [1.165, 1.54) is 0 Å². The van der Waals surface area contributed by atoms with Crippen LogP contribution in [0.25, 0.3) is 0 Å². The number of aliphatic hydroxyl groups is 1. The molecule has 28 heavy (non-hydrogen) atoms. The number of likely N-dealkylation sites (N-methyl/N-ethyl adjacent to an activating group) is 1. The maximum Gasteiger partial charge on any atom is 0.161 e. The van der Waals surface area contributed by atoms with Gasteiger partial charge in [0.25, 0.3) is 0 Å². The molecule has 156 valence electrons. The maximum absolute atomic E-state index is 10.2. The van der Waals surface area contributed by atoms with Crippen LogP contribution < -0.4 is 14.8 Å². The second kappa shape index (κ2) is 12.4. The topological polar surface area (TPSA) is 71.8 Å². The minimum absolute atomic E-state index is 0.244. The Morgan fingerprint density at radius 2 is 2.07 bits per heavy atom. The van der Waals surface area contributed by atoms with E-state index in [1.807, 2.05) is 35.1 Å². The lowest BCUT2D eigenvalue weighted by Crippen LogP contribution is -2.35. The van der Waals surface area contributed by atoms with E-state index in [0.29, 0.717) is 18.0 Å². The first-order valence-corrected chi connectivity index (χ1v) is 10.0. The highest BCUT2D eigenvalue weighted by molar-refractivity contribution is 5.43. The lowest BCUT2D eigenvalue weighted by atomic mass is 10.2. The Morgan fingerprint density at radius 1 is 1.25 bits per heavy atom. The third-order valence-electron chi connectivity index (χ3n) is 4.65. The molecule has 0 radical (unpaired) electrons. The van der Waals surface area contributed by atoms with E-state index in [1.54, 1.807) is 13.3 Å². The van der Waals surface area contributed by atoms with E-state index in [2.05, 4.69) is 29.2 Å². The minimum Gasteiger partial charge on any atom is -0.493 e. The van der Waals surface area contributed by atoms with Crippen LogP contribution in [0.15, 0.2) is 36.7 Å². The normalized spacial score (nSPS) is 12.3. The molecule has 2 aromatic rings. The summed E-state index contributed by atoms with van der Waals surface area (Å²) in [5.41, 5.74) is 1.12. The van der Waals surface area contributed by atoms with Gasteiger partial charge in [-0.25, -0.2) is 0 Å². The average molecular weight is 391 g/mol. The van der Waals surface area contributed by atoms with E-state index >= 15 is 0 Å². The van der Waals surface area contributed by atoms with Gasteiger partial charge >= 0.3 is 0 Å². The van der Waals surface area contributed by atoms with E-state index < -0.39 is 6.10 Å². The van der Waals surface area contributed by atoms with Crippen LogP contribution in [0, 0.1) is 0 Å². The predicted molar refractivity (Wildman–Crippen MR) is 111 cm³/mol. The number of nitrogens with one attached hydrogen (secondary N) is 1. The van der Waals surface area contributed by atoms with Crippen LogP contribution in [-0.2, 0) is 13.1 Å². The Morgan fingerprint density at radius 3 is 2.75 bits per heavy atom. The van der Waals surface area contributed by atoms with Gasteiger partial charge in [0.2, 0.25) is 0 Å². The molecule has 1 atom stereocenters. The molecule has 0 amide bonds. The second-order valence-electron chi connectivity index (χ2n) is 6.74. The van der Waals surface area contributed by atoms with E-state index in [-0.39, 0.29) is 6.61 Å². The largest absolute Gasteiger partial charge is 0.493 e. The van der Waals surface area contributed by atoms with Gasteiger partial charge in [0.1, 0.15) is 12.7 Å². The first kappa shape index (κ1) is 22.2. The molecule has 0 saturated carbocycles. The summed E-state index contributed by atoms with van der Waals surface area (Å²) in [4.78, 5) is 2.18. The second-order valence-corrected chi connectivity index (χ2v) is 6.74. The smallest absolute Gasteiger partial charge is 0.161 e. The molecule has 0 aliphatic heterocycles. The van der Waals surface area contributed by atoms with Crippen LogP contribution >= 0.6 is 0 Å². The molecule has 1 heterocycles. The Kier molecular flexibility index (Phi) is 9.82. The van der Waals surface area contributed by atoms with Crippen LogP contribution in [0.4, 0.5) is 0 Å². The summed E-state index contributed by atoms with van der Waals surface area (Å²) in [5.74, 6) is 1.34. The molecule has 1 unspecified atom stereocenters. The molecule has 0 aliphatic carbocycles. The molecule has 0 bridgehead atoms. The molecular formula is C21H34N4O3. The Bertz CT molecular complexity index is 660. The van der Waals surface area contributed by atoms with Crippen LogP contribution in [0.3, 0.4) is 0 Å². The summed E-state index contributed by atoms with van der Waals surface area (Å²) < 4.78 is 13.2. The fraction of sp³-hybridized carbons (Fsp3) is 0.571. The molecule has 7 heteroatoms. The monoisotopic (exact) mass is 390 g/mol. The SMILES string of the molecule is CCN(CC)CC(O)COc1cc(CNCCCn2cccn2)ccc1OC. The molecule has 2 N–H and O–H groups in total. The lowest BCUT2D eigenvalue weighted by molar-refractivity contribution is 0.0705. The van der Waals surface area contributed by atoms with Crippen LogP contribution in [0.5, 0.6) is 11.5 Å². The molecule has 7 nitrogen and oxygen atoms in total. The van der Waals surface area contributed by atoms with Crippen molar-refractivity contribution in [1.82, 2.24) is 20.0 Å². The van der Waals surface area contributed by atoms with Crippen molar-refractivity contribution in [1.29, 1.82) is 0 Å². The van der Waals surface area contributed by atoms with Crippen molar-refractivity contribution in [3.8, 4) is 11.5 Å². The zero-order valence-corrected chi connectivity index (χ0v) is 17.3. The van der Waals surface area contributed by atoms with Crippen LogP contribution in [0.2, 0.25) is 0 Å². The predicted octanol–water partition coefficient (Wildman–Crippen LogP) is 2.15. The first-order chi connectivity index (χ1) is 13.7.